The molecule has 3 rings (SSSR count). The molecule has 5 heteroatoms. The van der Waals surface area contributed by atoms with Crippen LogP contribution in [0, 0.1) is 5.82 Å². The van der Waals surface area contributed by atoms with E-state index in [2.05, 4.69) is 16.8 Å². The summed E-state index contributed by atoms with van der Waals surface area (Å²) in [5, 5.41) is 0. The molecular formula is C15H20FN3O. The van der Waals surface area contributed by atoms with Gasteiger partial charge < -0.3 is 4.98 Å². The van der Waals surface area contributed by atoms with Crippen LogP contribution in [0.1, 0.15) is 26.2 Å². The molecule has 1 aliphatic heterocycles. The number of nitrogens with zero attached hydrogens (tertiary/aromatic N) is 2. The van der Waals surface area contributed by atoms with E-state index in [1.165, 1.54) is 25.0 Å². The minimum Gasteiger partial charge on any atom is -0.306 e. The van der Waals surface area contributed by atoms with Crippen molar-refractivity contribution in [2.24, 2.45) is 0 Å². The Hall–Kier alpha value is -1.62. The van der Waals surface area contributed by atoms with Crippen LogP contribution < -0.4 is 5.69 Å². The van der Waals surface area contributed by atoms with E-state index in [1.54, 1.807) is 10.6 Å². The van der Waals surface area contributed by atoms with Crippen molar-refractivity contribution < 1.29 is 4.39 Å². The highest BCUT2D eigenvalue weighted by Crippen LogP contribution is 2.20. The molecule has 1 aliphatic rings. The number of hydrogen-bond acceptors (Lipinski definition) is 2. The molecule has 1 fully saturated rings. The molecule has 0 spiro atoms. The van der Waals surface area contributed by atoms with E-state index >= 15 is 0 Å². The van der Waals surface area contributed by atoms with Crippen molar-refractivity contribution >= 4 is 11.0 Å². The Kier molecular flexibility index (Phi) is 3.61. The van der Waals surface area contributed by atoms with Gasteiger partial charge in [0.15, 0.2) is 0 Å². The maximum absolute atomic E-state index is 13.4. The lowest BCUT2D eigenvalue weighted by atomic mass is 10.0. The fraction of sp³-hybridized carbons (Fsp3) is 0.533. The molecule has 20 heavy (non-hydrogen) atoms. The SMILES string of the molecule is CCN1CCCCC1Cn1c(=O)[nH]c2ccc(F)cc21. The van der Waals surface area contributed by atoms with Crippen molar-refractivity contribution in [3.05, 3.63) is 34.5 Å². The summed E-state index contributed by atoms with van der Waals surface area (Å²) in [4.78, 5) is 17.3. The van der Waals surface area contributed by atoms with E-state index < -0.39 is 0 Å². The lowest BCUT2D eigenvalue weighted by molar-refractivity contribution is 0.140. The average Bonchev–Trinajstić information content (AvgIpc) is 2.76. The number of benzene rings is 1. The third-order valence-electron chi connectivity index (χ3n) is 4.29. The van der Waals surface area contributed by atoms with Gasteiger partial charge in [0.2, 0.25) is 0 Å². The number of likely N-dealkylation sites (N-methyl/N-ethyl adjacent to an activating group) is 1. The Morgan fingerprint density at radius 1 is 1.40 bits per heavy atom. The first kappa shape index (κ1) is 13.4. The van der Waals surface area contributed by atoms with Crippen molar-refractivity contribution in [2.45, 2.75) is 38.8 Å². The van der Waals surface area contributed by atoms with Crippen LogP contribution in [-0.4, -0.2) is 33.6 Å². The van der Waals surface area contributed by atoms with Crippen LogP contribution in [0.25, 0.3) is 11.0 Å². The van der Waals surface area contributed by atoms with Gasteiger partial charge in [-0.15, -0.1) is 0 Å². The van der Waals surface area contributed by atoms with Gasteiger partial charge in [-0.1, -0.05) is 13.3 Å². The van der Waals surface area contributed by atoms with Crippen LogP contribution in [0.5, 0.6) is 0 Å². The zero-order valence-electron chi connectivity index (χ0n) is 11.7. The van der Waals surface area contributed by atoms with Crippen LogP contribution in [-0.2, 0) is 6.54 Å². The van der Waals surface area contributed by atoms with Gasteiger partial charge >= 0.3 is 5.69 Å². The second-order valence-electron chi connectivity index (χ2n) is 5.48. The van der Waals surface area contributed by atoms with Gasteiger partial charge in [0.25, 0.3) is 0 Å². The predicted octanol–water partition coefficient (Wildman–Crippen LogP) is 2.34. The molecular weight excluding hydrogens is 257 g/mol. The second-order valence-corrected chi connectivity index (χ2v) is 5.48. The Morgan fingerprint density at radius 3 is 3.05 bits per heavy atom. The molecule has 2 heterocycles. The predicted molar refractivity (Wildman–Crippen MR) is 77.4 cm³/mol. The van der Waals surface area contributed by atoms with Crippen molar-refractivity contribution in [1.29, 1.82) is 0 Å². The number of fused-ring (bicyclic) bond motifs is 1. The summed E-state index contributed by atoms with van der Waals surface area (Å²) in [5.74, 6) is -0.304. The van der Waals surface area contributed by atoms with E-state index in [1.807, 2.05) is 0 Å². The fourth-order valence-electron chi connectivity index (χ4n) is 3.20. The Morgan fingerprint density at radius 2 is 2.25 bits per heavy atom. The van der Waals surface area contributed by atoms with Gasteiger partial charge in [-0.3, -0.25) is 9.47 Å². The van der Waals surface area contributed by atoms with E-state index in [9.17, 15) is 9.18 Å². The van der Waals surface area contributed by atoms with Crippen LogP contribution >= 0.6 is 0 Å². The summed E-state index contributed by atoms with van der Waals surface area (Å²) in [6.07, 6.45) is 3.52. The number of halogens is 1. The lowest BCUT2D eigenvalue weighted by Crippen LogP contribution is -2.43. The number of piperidine rings is 1. The van der Waals surface area contributed by atoms with Crippen molar-refractivity contribution in [3.63, 3.8) is 0 Å². The van der Waals surface area contributed by atoms with Gasteiger partial charge in [-0.2, -0.15) is 0 Å². The topological polar surface area (TPSA) is 41.0 Å². The van der Waals surface area contributed by atoms with Gasteiger partial charge in [0, 0.05) is 12.6 Å². The first-order valence-electron chi connectivity index (χ1n) is 7.31. The molecule has 0 amide bonds. The minimum absolute atomic E-state index is 0.146. The zero-order chi connectivity index (χ0) is 14.1. The number of imidazole rings is 1. The number of likely N-dealkylation sites (tertiary alicyclic amines) is 1. The molecule has 2 aromatic rings. The highest BCUT2D eigenvalue weighted by molar-refractivity contribution is 5.75. The van der Waals surface area contributed by atoms with Gasteiger partial charge in [0.05, 0.1) is 11.0 Å². The number of rotatable bonds is 3. The summed E-state index contributed by atoms with van der Waals surface area (Å²) in [5.41, 5.74) is 1.22. The quantitative estimate of drug-likeness (QED) is 0.935. The Bertz CT molecular complexity index is 661. The molecule has 1 unspecified atom stereocenters. The second kappa shape index (κ2) is 5.40. The van der Waals surface area contributed by atoms with Crippen LogP contribution in [0.4, 0.5) is 4.39 Å². The lowest BCUT2D eigenvalue weighted by Gasteiger charge is -2.34. The molecule has 0 saturated carbocycles. The van der Waals surface area contributed by atoms with Gasteiger partial charge in [0.1, 0.15) is 5.82 Å². The fourth-order valence-corrected chi connectivity index (χ4v) is 3.20. The molecule has 0 aliphatic carbocycles. The van der Waals surface area contributed by atoms with E-state index in [0.717, 1.165) is 19.5 Å². The third kappa shape index (κ3) is 2.38. The first-order chi connectivity index (χ1) is 9.69. The van der Waals surface area contributed by atoms with Crippen molar-refractivity contribution in [1.82, 2.24) is 14.5 Å². The summed E-state index contributed by atoms with van der Waals surface area (Å²) in [6, 6.07) is 4.81. The maximum atomic E-state index is 13.4. The summed E-state index contributed by atoms with van der Waals surface area (Å²) in [7, 11) is 0. The maximum Gasteiger partial charge on any atom is 0.326 e. The van der Waals surface area contributed by atoms with Crippen molar-refractivity contribution in [2.75, 3.05) is 13.1 Å². The normalized spacial score (nSPS) is 20.6. The number of hydrogen-bond donors (Lipinski definition) is 1. The number of aromatic nitrogens is 2. The molecule has 1 aromatic heterocycles. The Balaban J connectivity index is 1.95. The van der Waals surface area contributed by atoms with Crippen LogP contribution in [0.15, 0.2) is 23.0 Å². The molecule has 1 aromatic carbocycles. The number of aromatic amines is 1. The smallest absolute Gasteiger partial charge is 0.306 e. The first-order valence-corrected chi connectivity index (χ1v) is 7.31. The molecule has 108 valence electrons. The summed E-state index contributed by atoms with van der Waals surface area (Å²) in [6.45, 7) is 4.87. The molecule has 4 nitrogen and oxygen atoms in total. The average molecular weight is 277 g/mol. The standard InChI is InChI=1S/C15H20FN3O/c1-2-18-8-4-3-5-12(18)10-19-14-9-11(16)6-7-13(14)17-15(19)20/h6-7,9,12H,2-5,8,10H2,1H3,(H,17,20). The zero-order valence-corrected chi connectivity index (χ0v) is 11.7. The highest BCUT2D eigenvalue weighted by atomic mass is 19.1. The van der Waals surface area contributed by atoms with Crippen molar-refractivity contribution in [3.8, 4) is 0 Å². The Labute approximate surface area is 117 Å². The summed E-state index contributed by atoms with van der Waals surface area (Å²) < 4.78 is 15.1. The number of H-pyrrole nitrogens is 1. The van der Waals surface area contributed by atoms with E-state index in [0.29, 0.717) is 23.6 Å². The minimum atomic E-state index is -0.304. The molecule has 1 N–H and O–H groups in total. The van der Waals surface area contributed by atoms with Gasteiger partial charge in [-0.05, 0) is 44.1 Å². The monoisotopic (exact) mass is 277 g/mol. The molecule has 0 bridgehead atoms. The highest BCUT2D eigenvalue weighted by Gasteiger charge is 2.22. The largest absolute Gasteiger partial charge is 0.326 e. The molecule has 0 radical (unpaired) electrons. The van der Waals surface area contributed by atoms with Crippen LogP contribution in [0.2, 0.25) is 0 Å². The van der Waals surface area contributed by atoms with Crippen LogP contribution in [0.3, 0.4) is 0 Å². The van der Waals surface area contributed by atoms with E-state index in [4.69, 9.17) is 0 Å². The third-order valence-corrected chi connectivity index (χ3v) is 4.29. The molecule has 1 atom stereocenters. The summed E-state index contributed by atoms with van der Waals surface area (Å²) >= 11 is 0. The number of nitrogens with one attached hydrogen (secondary N) is 1. The van der Waals surface area contributed by atoms with Gasteiger partial charge in [-0.25, -0.2) is 9.18 Å². The molecule has 1 saturated heterocycles. The van der Waals surface area contributed by atoms with E-state index in [-0.39, 0.29) is 11.5 Å².